The number of nitrogens with zero attached hydrogens (tertiary/aromatic N) is 3. The molecule has 6 heterocycles. The van der Waals surface area contributed by atoms with Crippen molar-refractivity contribution >= 4 is 33.7 Å². The third-order valence-electron chi connectivity index (χ3n) is 14.9. The largest absolute Gasteiger partial charge is 0.496 e. The highest BCUT2D eigenvalue weighted by Crippen LogP contribution is 2.58. The summed E-state index contributed by atoms with van der Waals surface area (Å²) in [6.45, 7) is 6.09. The summed E-state index contributed by atoms with van der Waals surface area (Å²) in [5.74, 6) is 0.766. The Kier molecular flexibility index (Phi) is 8.62. The monoisotopic (exact) mass is 731 g/mol. The summed E-state index contributed by atoms with van der Waals surface area (Å²) in [5, 5.41) is 12.7. The molecule has 0 amide bonds. The summed E-state index contributed by atoms with van der Waals surface area (Å²) in [4.78, 5) is 41.1. The molecular formula is C44H53N5O5. The molecule has 2 aromatic heterocycles. The van der Waals surface area contributed by atoms with E-state index in [0.29, 0.717) is 18.9 Å². The van der Waals surface area contributed by atoms with Gasteiger partial charge >= 0.3 is 11.9 Å². The van der Waals surface area contributed by atoms with Crippen molar-refractivity contribution in [2.24, 2.45) is 29.6 Å². The van der Waals surface area contributed by atoms with Gasteiger partial charge in [0.25, 0.3) is 0 Å². The molecule has 0 spiro atoms. The highest BCUT2D eigenvalue weighted by Gasteiger charge is 2.65. The molecule has 4 fully saturated rings. The average molecular weight is 732 g/mol. The lowest BCUT2D eigenvalue weighted by molar-refractivity contribution is -0.165. The quantitative estimate of drug-likeness (QED) is 0.217. The molecule has 2 N–H and O–H groups in total. The van der Waals surface area contributed by atoms with Crippen molar-refractivity contribution in [3.8, 4) is 11.8 Å². The Morgan fingerprint density at radius 2 is 1.78 bits per heavy atom. The number of rotatable bonds is 6. The first-order chi connectivity index (χ1) is 26.2. The van der Waals surface area contributed by atoms with Gasteiger partial charge in [-0.3, -0.25) is 14.5 Å². The van der Waals surface area contributed by atoms with Crippen molar-refractivity contribution in [1.29, 1.82) is 5.26 Å². The first kappa shape index (κ1) is 35.4. The van der Waals surface area contributed by atoms with Gasteiger partial charge in [0, 0.05) is 64.3 Å². The molecule has 2 aliphatic carbocycles. The van der Waals surface area contributed by atoms with Gasteiger partial charge in [0.05, 0.1) is 38.8 Å². The summed E-state index contributed by atoms with van der Waals surface area (Å²) in [6, 6.07) is 15.1. The molecule has 0 radical (unpaired) electrons. The number of ether oxygens (including phenoxy) is 3. The highest BCUT2D eigenvalue weighted by molar-refractivity contribution is 5.95. The number of methoxy groups -OCH3 is 3. The maximum atomic E-state index is 14.5. The SMILES string of the molecule is CC[C@@H]1CN(C)[C@H]2Cc3c([nH]c4ccccc34)[C@@H](c3c(OC)ccc4c5c([nH]c34)[C@]3(C(=O)OC)C[C@H]4C[C@H](CC)[C@@H]3N(CC5)[C@@H]4C#N)C[C@@H]1[C@@H]2C(=O)OC. The highest BCUT2D eigenvalue weighted by atomic mass is 16.5. The number of para-hydroxylation sites is 1. The van der Waals surface area contributed by atoms with Gasteiger partial charge < -0.3 is 29.1 Å². The molecule has 54 heavy (non-hydrogen) atoms. The third kappa shape index (κ3) is 4.76. The molecule has 11 atom stereocenters. The fourth-order valence-corrected chi connectivity index (χ4v) is 12.7. The summed E-state index contributed by atoms with van der Waals surface area (Å²) in [5.41, 5.74) is 6.72. The molecule has 10 nitrogen and oxygen atoms in total. The zero-order valence-corrected chi connectivity index (χ0v) is 32.4. The average Bonchev–Trinajstić information content (AvgIpc) is 3.72. The number of hydrogen-bond acceptors (Lipinski definition) is 8. The van der Waals surface area contributed by atoms with E-state index in [-0.39, 0.29) is 59.7 Å². The van der Waals surface area contributed by atoms with Gasteiger partial charge in [-0.2, -0.15) is 5.26 Å². The van der Waals surface area contributed by atoms with Gasteiger partial charge in [0.15, 0.2) is 0 Å². The normalized spacial score (nSPS) is 34.2. The van der Waals surface area contributed by atoms with Crippen molar-refractivity contribution in [3.05, 3.63) is 64.5 Å². The zero-order chi connectivity index (χ0) is 37.6. The van der Waals surface area contributed by atoms with Crippen molar-refractivity contribution in [2.75, 3.05) is 41.5 Å². The predicted octanol–water partition coefficient (Wildman–Crippen LogP) is 6.46. The molecule has 10 rings (SSSR count). The number of piperidine rings is 3. The topological polar surface area (TPSA) is 124 Å². The Labute approximate surface area is 317 Å². The van der Waals surface area contributed by atoms with Crippen LogP contribution in [0.3, 0.4) is 0 Å². The van der Waals surface area contributed by atoms with Crippen LogP contribution in [-0.4, -0.2) is 91.3 Å². The van der Waals surface area contributed by atoms with E-state index in [0.717, 1.165) is 84.1 Å². The van der Waals surface area contributed by atoms with Gasteiger partial charge in [-0.25, -0.2) is 0 Å². The van der Waals surface area contributed by atoms with E-state index in [4.69, 9.17) is 14.2 Å². The lowest BCUT2D eigenvalue weighted by Gasteiger charge is -2.59. The second kappa shape index (κ2) is 13.2. The molecule has 4 aliphatic heterocycles. The number of fused-ring (bicyclic) bond motifs is 9. The zero-order valence-electron chi connectivity index (χ0n) is 32.4. The van der Waals surface area contributed by atoms with E-state index in [1.165, 1.54) is 30.9 Å². The van der Waals surface area contributed by atoms with Crippen molar-refractivity contribution < 1.29 is 23.8 Å². The van der Waals surface area contributed by atoms with Crippen LogP contribution in [0.25, 0.3) is 21.8 Å². The predicted molar refractivity (Wildman–Crippen MR) is 206 cm³/mol. The summed E-state index contributed by atoms with van der Waals surface area (Å²) in [6.07, 6.45) is 5.62. The number of aromatic amines is 2. The van der Waals surface area contributed by atoms with Crippen molar-refractivity contribution in [3.63, 3.8) is 0 Å². The number of H-pyrrole nitrogens is 2. The lowest BCUT2D eigenvalue weighted by Crippen LogP contribution is -2.70. The third-order valence-corrected chi connectivity index (χ3v) is 14.9. The number of likely N-dealkylation sites (N-methyl/N-ethyl adjacent to an activating group) is 1. The van der Waals surface area contributed by atoms with Crippen LogP contribution in [-0.2, 0) is 37.3 Å². The molecule has 10 heteroatoms. The van der Waals surface area contributed by atoms with Gasteiger partial charge in [-0.15, -0.1) is 0 Å². The van der Waals surface area contributed by atoms with Crippen molar-refractivity contribution in [2.45, 2.75) is 88.3 Å². The van der Waals surface area contributed by atoms with Gasteiger partial charge in [0.1, 0.15) is 17.2 Å². The minimum atomic E-state index is -0.918. The number of esters is 2. The van der Waals surface area contributed by atoms with Gasteiger partial charge in [-0.1, -0.05) is 44.9 Å². The number of benzene rings is 2. The van der Waals surface area contributed by atoms with Crippen LogP contribution in [0.2, 0.25) is 0 Å². The Bertz CT molecular complexity index is 2180. The number of hydrogen-bond donors (Lipinski definition) is 2. The standard InChI is InChI=1S/C44H53N5O5/c1-7-23-17-25-20-44(43(51)54-6)40-28(15-16-49(41(23)44)34(25)21-45)27-13-14-35(52-4)37(39(27)47-40)31-18-29-24(8-2)22-48(3)33(36(29)42(50)53-5)19-30-26-11-9-10-12-32(26)46-38(30)31/h9-14,23-25,29,31,33-34,36,41,46-47H,7-8,15-20,22H2,1-6H3/t23-,24+,25+,29-,31+,33-,34+,36-,41-,44+/m0/s1. The van der Waals surface area contributed by atoms with E-state index >= 15 is 0 Å². The van der Waals surface area contributed by atoms with Crippen LogP contribution in [0.4, 0.5) is 0 Å². The second-order valence-corrected chi connectivity index (χ2v) is 16.9. The smallest absolute Gasteiger partial charge is 0.319 e. The first-order valence-electron chi connectivity index (χ1n) is 20.1. The molecule has 1 unspecified atom stereocenters. The minimum Gasteiger partial charge on any atom is -0.496 e. The van der Waals surface area contributed by atoms with Crippen LogP contribution >= 0.6 is 0 Å². The van der Waals surface area contributed by atoms with Crippen molar-refractivity contribution in [1.82, 2.24) is 19.8 Å². The Morgan fingerprint density at radius 1 is 0.981 bits per heavy atom. The lowest BCUT2D eigenvalue weighted by atomic mass is 9.54. The molecule has 6 aliphatic rings. The Hall–Kier alpha value is -4.33. The van der Waals surface area contributed by atoms with E-state index in [1.807, 2.05) is 0 Å². The Balaban J connectivity index is 1.31. The fraction of sp³-hybridized carbons (Fsp3) is 0.568. The van der Waals surface area contributed by atoms with E-state index in [2.05, 4.69) is 83.1 Å². The minimum absolute atomic E-state index is 0.0109. The molecule has 1 saturated carbocycles. The maximum absolute atomic E-state index is 14.5. The summed E-state index contributed by atoms with van der Waals surface area (Å²) < 4.78 is 17.7. The van der Waals surface area contributed by atoms with E-state index in [9.17, 15) is 14.9 Å². The van der Waals surface area contributed by atoms with Crippen LogP contribution in [0.1, 0.15) is 79.9 Å². The molecule has 6 bridgehead atoms. The summed E-state index contributed by atoms with van der Waals surface area (Å²) in [7, 11) is 6.95. The van der Waals surface area contributed by atoms with Crippen LogP contribution in [0.5, 0.6) is 5.75 Å². The molecule has 284 valence electrons. The second-order valence-electron chi connectivity index (χ2n) is 16.9. The number of nitriles is 1. The maximum Gasteiger partial charge on any atom is 0.319 e. The molecule has 4 aromatic rings. The summed E-state index contributed by atoms with van der Waals surface area (Å²) >= 11 is 0. The molecular weight excluding hydrogens is 679 g/mol. The number of carbonyl (C=O) groups excluding carboxylic acids is 2. The first-order valence-corrected chi connectivity index (χ1v) is 20.1. The Morgan fingerprint density at radius 3 is 2.50 bits per heavy atom. The van der Waals surface area contributed by atoms with Crippen LogP contribution < -0.4 is 4.74 Å². The van der Waals surface area contributed by atoms with E-state index in [1.54, 1.807) is 7.11 Å². The number of likely N-dealkylation sites (tertiary alicyclic amines) is 1. The molecule has 3 saturated heterocycles. The van der Waals surface area contributed by atoms with Gasteiger partial charge in [-0.05, 0) is 92.1 Å². The van der Waals surface area contributed by atoms with Crippen LogP contribution in [0.15, 0.2) is 36.4 Å². The fourth-order valence-electron chi connectivity index (χ4n) is 12.7. The van der Waals surface area contributed by atoms with E-state index < -0.39 is 5.41 Å². The van der Waals surface area contributed by atoms with Crippen LogP contribution in [0, 0.1) is 40.9 Å². The number of aromatic nitrogens is 2. The number of carbonyl (C=O) groups is 2. The van der Waals surface area contributed by atoms with Gasteiger partial charge in [0.2, 0.25) is 0 Å². The molecule has 2 aromatic carbocycles. The number of nitrogens with one attached hydrogen (secondary N) is 2.